The fourth-order valence-corrected chi connectivity index (χ4v) is 4.85. The molecule has 0 unspecified atom stereocenters. The number of benzene rings is 1. The van der Waals surface area contributed by atoms with Crippen molar-refractivity contribution in [1.82, 2.24) is 10.3 Å². The minimum Gasteiger partial charge on any atom is -0.361 e. The summed E-state index contributed by atoms with van der Waals surface area (Å²) in [6.45, 7) is 0.661. The van der Waals surface area contributed by atoms with Crippen molar-refractivity contribution >= 4 is 28.1 Å². The fraction of sp³-hybridized carbons (Fsp3) is 0.381. The lowest BCUT2D eigenvalue weighted by Crippen LogP contribution is -2.29. The molecule has 1 fully saturated rings. The monoisotopic (exact) mass is 352 g/mol. The van der Waals surface area contributed by atoms with E-state index in [-0.39, 0.29) is 11.8 Å². The predicted octanol–water partition coefficient (Wildman–Crippen LogP) is 5.06. The molecule has 0 saturated heterocycles. The quantitative estimate of drug-likeness (QED) is 0.640. The third-order valence-corrected chi connectivity index (χ3v) is 6.32. The molecule has 1 aliphatic carbocycles. The molecule has 1 amide bonds. The van der Waals surface area contributed by atoms with Crippen LogP contribution in [0.5, 0.6) is 0 Å². The molecule has 2 N–H and O–H groups in total. The Labute approximate surface area is 152 Å². The first kappa shape index (κ1) is 16.4. The van der Waals surface area contributed by atoms with Gasteiger partial charge in [-0.2, -0.15) is 0 Å². The lowest BCUT2D eigenvalue weighted by Gasteiger charge is -2.17. The van der Waals surface area contributed by atoms with Crippen molar-refractivity contribution in [3.05, 3.63) is 58.4 Å². The van der Waals surface area contributed by atoms with Crippen molar-refractivity contribution in [3.63, 3.8) is 0 Å². The summed E-state index contributed by atoms with van der Waals surface area (Å²) in [7, 11) is 0. The highest BCUT2D eigenvalue weighted by atomic mass is 32.1. The number of aromatic nitrogens is 1. The molecular formula is C21H24N2OS. The standard InChI is InChI=1S/C21H24N2OS/c24-21(12-15-6-1-2-7-15)23-14-18(20-10-5-11-25-20)17-13-22-19-9-4-3-8-16(17)19/h3-5,8-11,13,15,18,22H,1-2,6-7,12,14H2,(H,23,24)/t18-/m0/s1. The van der Waals surface area contributed by atoms with Gasteiger partial charge in [-0.25, -0.2) is 0 Å². The first-order valence-corrected chi connectivity index (χ1v) is 10.1. The minimum absolute atomic E-state index is 0.198. The zero-order valence-corrected chi connectivity index (χ0v) is 15.1. The van der Waals surface area contributed by atoms with Crippen LogP contribution in [0.2, 0.25) is 0 Å². The van der Waals surface area contributed by atoms with Crippen LogP contribution in [0.15, 0.2) is 48.0 Å². The maximum absolute atomic E-state index is 12.4. The van der Waals surface area contributed by atoms with Gasteiger partial charge in [0.05, 0.1) is 0 Å². The van der Waals surface area contributed by atoms with Crippen molar-refractivity contribution in [2.45, 2.75) is 38.0 Å². The molecule has 1 aromatic carbocycles. The van der Waals surface area contributed by atoms with Gasteiger partial charge >= 0.3 is 0 Å². The molecule has 1 atom stereocenters. The zero-order chi connectivity index (χ0) is 17.1. The molecular weight excluding hydrogens is 328 g/mol. The molecule has 4 heteroatoms. The van der Waals surface area contributed by atoms with Gasteiger partial charge in [0.25, 0.3) is 0 Å². The fourth-order valence-electron chi connectivity index (χ4n) is 4.00. The third kappa shape index (κ3) is 3.64. The van der Waals surface area contributed by atoms with Gasteiger partial charge in [-0.15, -0.1) is 11.3 Å². The molecule has 2 aromatic heterocycles. The summed E-state index contributed by atoms with van der Waals surface area (Å²) in [4.78, 5) is 17.1. The summed E-state index contributed by atoms with van der Waals surface area (Å²) >= 11 is 1.76. The molecule has 0 radical (unpaired) electrons. The Morgan fingerprint density at radius 1 is 1.20 bits per heavy atom. The van der Waals surface area contributed by atoms with Crippen LogP contribution in [0, 0.1) is 5.92 Å². The number of rotatable bonds is 6. The highest BCUT2D eigenvalue weighted by molar-refractivity contribution is 7.10. The van der Waals surface area contributed by atoms with Crippen molar-refractivity contribution in [3.8, 4) is 0 Å². The Morgan fingerprint density at radius 3 is 2.84 bits per heavy atom. The summed E-state index contributed by atoms with van der Waals surface area (Å²) in [5.41, 5.74) is 2.41. The number of para-hydroxylation sites is 1. The highest BCUT2D eigenvalue weighted by Gasteiger charge is 2.22. The summed E-state index contributed by atoms with van der Waals surface area (Å²) in [6, 6.07) is 12.6. The average Bonchev–Trinajstić information content (AvgIpc) is 3.37. The number of thiophene rings is 1. The Bertz CT molecular complexity index is 831. The van der Waals surface area contributed by atoms with Gasteiger partial charge < -0.3 is 10.3 Å². The SMILES string of the molecule is O=C(CC1CCCC1)NC[C@H](c1cccs1)c1c[nH]c2ccccc12. The second kappa shape index (κ2) is 7.44. The second-order valence-corrected chi connectivity index (χ2v) is 8.00. The summed E-state index contributed by atoms with van der Waals surface area (Å²) in [5.74, 6) is 0.991. The van der Waals surface area contributed by atoms with E-state index in [1.165, 1.54) is 41.5 Å². The number of nitrogens with one attached hydrogen (secondary N) is 2. The Kier molecular flexibility index (Phi) is 4.88. The van der Waals surface area contributed by atoms with Crippen molar-refractivity contribution in [2.24, 2.45) is 5.92 Å². The van der Waals surface area contributed by atoms with Crippen molar-refractivity contribution in [2.75, 3.05) is 6.54 Å². The van der Waals surface area contributed by atoms with Crippen LogP contribution in [0.4, 0.5) is 0 Å². The molecule has 25 heavy (non-hydrogen) atoms. The highest BCUT2D eigenvalue weighted by Crippen LogP contribution is 2.33. The molecule has 0 spiro atoms. The molecule has 4 rings (SSSR count). The Balaban J connectivity index is 1.52. The largest absolute Gasteiger partial charge is 0.361 e. The number of amides is 1. The van der Waals surface area contributed by atoms with Crippen LogP contribution in [0.1, 0.15) is 48.5 Å². The number of carbonyl (C=O) groups is 1. The number of aromatic amines is 1. The van der Waals surface area contributed by atoms with E-state index in [0.717, 1.165) is 5.52 Å². The van der Waals surface area contributed by atoms with E-state index in [1.807, 2.05) is 6.07 Å². The minimum atomic E-state index is 0.198. The number of hydrogen-bond acceptors (Lipinski definition) is 2. The zero-order valence-electron chi connectivity index (χ0n) is 14.3. The molecule has 0 aliphatic heterocycles. The van der Waals surface area contributed by atoms with E-state index in [4.69, 9.17) is 0 Å². The van der Waals surface area contributed by atoms with E-state index in [2.05, 4.69) is 52.2 Å². The third-order valence-electron chi connectivity index (χ3n) is 5.34. The number of fused-ring (bicyclic) bond motifs is 1. The lowest BCUT2D eigenvalue weighted by atomic mass is 9.96. The molecule has 0 bridgehead atoms. The number of hydrogen-bond donors (Lipinski definition) is 2. The second-order valence-electron chi connectivity index (χ2n) is 7.02. The van der Waals surface area contributed by atoms with Crippen molar-refractivity contribution in [1.29, 1.82) is 0 Å². The van der Waals surface area contributed by atoms with E-state index < -0.39 is 0 Å². The smallest absolute Gasteiger partial charge is 0.220 e. The lowest BCUT2D eigenvalue weighted by molar-refractivity contribution is -0.122. The maximum atomic E-state index is 12.4. The first-order valence-electron chi connectivity index (χ1n) is 9.17. The van der Waals surface area contributed by atoms with Crippen LogP contribution >= 0.6 is 11.3 Å². The predicted molar refractivity (Wildman–Crippen MR) is 104 cm³/mol. The normalized spacial score (nSPS) is 16.3. The molecule has 3 nitrogen and oxygen atoms in total. The summed E-state index contributed by atoms with van der Waals surface area (Å²) in [6.07, 6.45) is 7.77. The van der Waals surface area contributed by atoms with Crippen molar-refractivity contribution < 1.29 is 4.79 Å². The molecule has 1 aliphatic rings. The van der Waals surface area contributed by atoms with Crippen LogP contribution in [0.3, 0.4) is 0 Å². The Hall–Kier alpha value is -2.07. The van der Waals surface area contributed by atoms with Gasteiger partial charge in [0.2, 0.25) is 5.91 Å². The topological polar surface area (TPSA) is 44.9 Å². The van der Waals surface area contributed by atoms with E-state index in [0.29, 0.717) is 18.9 Å². The van der Waals surface area contributed by atoms with Gasteiger partial charge in [-0.1, -0.05) is 37.1 Å². The average molecular weight is 353 g/mol. The number of carbonyl (C=O) groups excluding carboxylic acids is 1. The van der Waals surface area contributed by atoms with E-state index in [9.17, 15) is 4.79 Å². The van der Waals surface area contributed by atoms with Crippen LogP contribution < -0.4 is 5.32 Å². The number of H-pyrrole nitrogens is 1. The summed E-state index contributed by atoms with van der Waals surface area (Å²) < 4.78 is 0. The summed E-state index contributed by atoms with van der Waals surface area (Å²) in [5, 5.41) is 6.56. The van der Waals surface area contributed by atoms with Gasteiger partial charge in [0.15, 0.2) is 0 Å². The van der Waals surface area contributed by atoms with Gasteiger partial charge in [0.1, 0.15) is 0 Å². The van der Waals surface area contributed by atoms with Crippen LogP contribution in [-0.2, 0) is 4.79 Å². The maximum Gasteiger partial charge on any atom is 0.220 e. The molecule has 2 heterocycles. The Morgan fingerprint density at radius 2 is 2.04 bits per heavy atom. The van der Waals surface area contributed by atoms with Crippen LogP contribution in [-0.4, -0.2) is 17.4 Å². The molecule has 3 aromatic rings. The first-order chi connectivity index (χ1) is 12.3. The van der Waals surface area contributed by atoms with Gasteiger partial charge in [0, 0.05) is 40.9 Å². The van der Waals surface area contributed by atoms with Gasteiger partial charge in [-0.3, -0.25) is 4.79 Å². The van der Waals surface area contributed by atoms with Gasteiger partial charge in [-0.05, 0) is 41.8 Å². The van der Waals surface area contributed by atoms with Crippen LogP contribution in [0.25, 0.3) is 10.9 Å². The van der Waals surface area contributed by atoms with E-state index in [1.54, 1.807) is 11.3 Å². The van der Waals surface area contributed by atoms with E-state index >= 15 is 0 Å². The molecule has 1 saturated carbocycles. The molecule has 130 valence electrons.